The fourth-order valence-electron chi connectivity index (χ4n) is 1.64. The molecule has 0 saturated carbocycles. The van der Waals surface area contributed by atoms with E-state index in [1.54, 1.807) is 12.3 Å². The summed E-state index contributed by atoms with van der Waals surface area (Å²) in [5.74, 6) is 0. The first-order chi connectivity index (χ1) is 7.38. The van der Waals surface area contributed by atoms with Gasteiger partial charge in [0.25, 0.3) is 0 Å². The number of pyridine rings is 1. The third kappa shape index (κ3) is 2.67. The van der Waals surface area contributed by atoms with Crippen LogP contribution in [0.1, 0.15) is 18.5 Å². The van der Waals surface area contributed by atoms with Crippen LogP contribution in [-0.4, -0.2) is 24.2 Å². The van der Waals surface area contributed by atoms with E-state index in [0.29, 0.717) is 11.8 Å². The lowest BCUT2D eigenvalue weighted by molar-refractivity contribution is 0.120. The molecule has 0 unspecified atom stereocenters. The molecule has 1 aromatic heterocycles. The van der Waals surface area contributed by atoms with Crippen molar-refractivity contribution < 1.29 is 4.74 Å². The predicted molar refractivity (Wildman–Crippen MR) is 56.4 cm³/mol. The van der Waals surface area contributed by atoms with Crippen LogP contribution in [0.4, 0.5) is 5.69 Å². The summed E-state index contributed by atoms with van der Waals surface area (Å²) < 4.78 is 5.49. The maximum Gasteiger partial charge on any atom is 0.142 e. The van der Waals surface area contributed by atoms with Gasteiger partial charge in [0.2, 0.25) is 0 Å². The van der Waals surface area contributed by atoms with Gasteiger partial charge in [-0.25, -0.2) is 4.98 Å². The summed E-state index contributed by atoms with van der Waals surface area (Å²) in [6, 6.07) is 5.61. The second kappa shape index (κ2) is 4.76. The van der Waals surface area contributed by atoms with Crippen molar-refractivity contribution in [2.24, 2.45) is 0 Å². The lowest BCUT2D eigenvalue weighted by atomic mass is 10.2. The Morgan fingerprint density at radius 2 is 2.60 bits per heavy atom. The average molecular weight is 203 g/mol. The van der Waals surface area contributed by atoms with Gasteiger partial charge in [-0.05, 0) is 25.0 Å². The molecule has 0 spiro atoms. The summed E-state index contributed by atoms with van der Waals surface area (Å²) in [6.07, 6.45) is 4.20. The zero-order valence-electron chi connectivity index (χ0n) is 8.44. The first-order valence-corrected chi connectivity index (χ1v) is 5.10. The molecule has 1 N–H and O–H groups in total. The summed E-state index contributed by atoms with van der Waals surface area (Å²) in [7, 11) is 0. The minimum Gasteiger partial charge on any atom is -0.382 e. The van der Waals surface area contributed by atoms with Crippen molar-refractivity contribution in [2.45, 2.75) is 18.9 Å². The van der Waals surface area contributed by atoms with Crippen molar-refractivity contribution in [3.8, 4) is 6.07 Å². The highest BCUT2D eigenvalue weighted by atomic mass is 16.5. The van der Waals surface area contributed by atoms with Crippen molar-refractivity contribution >= 4 is 5.69 Å². The molecule has 1 atom stereocenters. The van der Waals surface area contributed by atoms with Gasteiger partial charge in [0.05, 0.1) is 6.10 Å². The smallest absolute Gasteiger partial charge is 0.142 e. The second-order valence-electron chi connectivity index (χ2n) is 3.56. The number of rotatable bonds is 3. The highest BCUT2D eigenvalue weighted by Gasteiger charge is 2.14. The van der Waals surface area contributed by atoms with Crippen LogP contribution in [0.15, 0.2) is 18.3 Å². The quantitative estimate of drug-likeness (QED) is 0.809. The molecule has 1 aliphatic rings. The molecular formula is C11H13N3O. The van der Waals surface area contributed by atoms with E-state index in [1.165, 1.54) is 0 Å². The molecule has 1 aliphatic heterocycles. The molecule has 78 valence electrons. The van der Waals surface area contributed by atoms with E-state index in [-0.39, 0.29) is 0 Å². The Hall–Kier alpha value is -1.60. The molecule has 1 fully saturated rings. The summed E-state index contributed by atoms with van der Waals surface area (Å²) >= 11 is 0. The van der Waals surface area contributed by atoms with E-state index >= 15 is 0 Å². The number of ether oxygens (including phenoxy) is 1. The number of aromatic nitrogens is 1. The van der Waals surface area contributed by atoms with E-state index < -0.39 is 0 Å². The minimum atomic E-state index is 0.309. The highest BCUT2D eigenvalue weighted by Crippen LogP contribution is 2.13. The van der Waals surface area contributed by atoms with Gasteiger partial charge in [0.1, 0.15) is 11.8 Å². The molecule has 1 aromatic rings. The number of nitrogens with zero attached hydrogens (tertiary/aromatic N) is 2. The molecule has 2 rings (SSSR count). The number of anilines is 1. The summed E-state index contributed by atoms with van der Waals surface area (Å²) in [6.45, 7) is 1.67. The van der Waals surface area contributed by atoms with Gasteiger partial charge in [0, 0.05) is 25.0 Å². The molecule has 1 saturated heterocycles. The molecule has 0 bridgehead atoms. The Morgan fingerprint density at radius 1 is 1.67 bits per heavy atom. The summed E-state index contributed by atoms with van der Waals surface area (Å²) in [5.41, 5.74) is 1.37. The predicted octanol–water partition coefficient (Wildman–Crippen LogP) is 1.54. The largest absolute Gasteiger partial charge is 0.382 e. The fraction of sp³-hybridized carbons (Fsp3) is 0.455. The molecule has 2 heterocycles. The first kappa shape index (κ1) is 9.94. The topological polar surface area (TPSA) is 57.9 Å². The van der Waals surface area contributed by atoms with Gasteiger partial charge < -0.3 is 10.1 Å². The van der Waals surface area contributed by atoms with Crippen molar-refractivity contribution in [3.05, 3.63) is 24.0 Å². The Morgan fingerprint density at radius 3 is 3.33 bits per heavy atom. The fourth-order valence-corrected chi connectivity index (χ4v) is 1.64. The monoisotopic (exact) mass is 203 g/mol. The molecular weight excluding hydrogens is 190 g/mol. The third-order valence-corrected chi connectivity index (χ3v) is 2.43. The lowest BCUT2D eigenvalue weighted by Crippen LogP contribution is -2.18. The summed E-state index contributed by atoms with van der Waals surface area (Å²) in [4.78, 5) is 3.91. The summed E-state index contributed by atoms with van der Waals surface area (Å²) in [5, 5.41) is 11.9. The van der Waals surface area contributed by atoms with Gasteiger partial charge in [-0.3, -0.25) is 0 Å². The van der Waals surface area contributed by atoms with Crippen LogP contribution in [0.25, 0.3) is 0 Å². The number of nitriles is 1. The third-order valence-electron chi connectivity index (χ3n) is 2.43. The van der Waals surface area contributed by atoms with Crippen LogP contribution < -0.4 is 5.32 Å². The molecule has 0 radical (unpaired) electrons. The highest BCUT2D eigenvalue weighted by molar-refractivity contribution is 5.45. The van der Waals surface area contributed by atoms with Gasteiger partial charge in [0.15, 0.2) is 0 Å². The van der Waals surface area contributed by atoms with Crippen LogP contribution in [0.5, 0.6) is 0 Å². The van der Waals surface area contributed by atoms with E-state index in [2.05, 4.69) is 10.3 Å². The Balaban J connectivity index is 1.90. The standard InChI is InChI=1S/C11H13N3O/c12-7-10-6-9(3-4-13-10)14-8-11-2-1-5-15-11/h3-4,6,11H,1-2,5,8H2,(H,13,14)/t11-/m0/s1. The van der Waals surface area contributed by atoms with Crippen LogP contribution in [0.3, 0.4) is 0 Å². The van der Waals surface area contributed by atoms with Gasteiger partial charge >= 0.3 is 0 Å². The van der Waals surface area contributed by atoms with E-state index in [0.717, 1.165) is 31.7 Å². The van der Waals surface area contributed by atoms with Crippen LogP contribution in [0.2, 0.25) is 0 Å². The first-order valence-electron chi connectivity index (χ1n) is 5.10. The average Bonchev–Trinajstić information content (AvgIpc) is 2.79. The zero-order valence-corrected chi connectivity index (χ0v) is 8.44. The van der Waals surface area contributed by atoms with Crippen LogP contribution >= 0.6 is 0 Å². The van der Waals surface area contributed by atoms with Crippen LogP contribution in [-0.2, 0) is 4.74 Å². The van der Waals surface area contributed by atoms with Crippen molar-refractivity contribution in [1.29, 1.82) is 5.26 Å². The molecule has 0 aromatic carbocycles. The number of hydrogen-bond donors (Lipinski definition) is 1. The van der Waals surface area contributed by atoms with Gasteiger partial charge in [-0.15, -0.1) is 0 Å². The van der Waals surface area contributed by atoms with Crippen molar-refractivity contribution in [2.75, 3.05) is 18.5 Å². The number of nitrogens with one attached hydrogen (secondary N) is 1. The second-order valence-corrected chi connectivity index (χ2v) is 3.56. The molecule has 15 heavy (non-hydrogen) atoms. The van der Waals surface area contributed by atoms with Gasteiger partial charge in [-0.2, -0.15) is 5.26 Å². The Bertz CT molecular complexity index is 366. The maximum atomic E-state index is 8.68. The Labute approximate surface area is 88.9 Å². The zero-order chi connectivity index (χ0) is 10.5. The minimum absolute atomic E-state index is 0.309. The lowest BCUT2D eigenvalue weighted by Gasteiger charge is -2.11. The Kier molecular flexibility index (Phi) is 3.15. The van der Waals surface area contributed by atoms with E-state index in [9.17, 15) is 0 Å². The van der Waals surface area contributed by atoms with Gasteiger partial charge in [-0.1, -0.05) is 0 Å². The molecule has 0 aliphatic carbocycles. The van der Waals surface area contributed by atoms with Crippen molar-refractivity contribution in [3.63, 3.8) is 0 Å². The number of hydrogen-bond acceptors (Lipinski definition) is 4. The van der Waals surface area contributed by atoms with Crippen molar-refractivity contribution in [1.82, 2.24) is 4.98 Å². The van der Waals surface area contributed by atoms with Crippen LogP contribution in [0, 0.1) is 11.3 Å². The van der Waals surface area contributed by atoms with E-state index in [4.69, 9.17) is 10.00 Å². The SMILES string of the molecule is N#Cc1cc(NC[C@@H]2CCCO2)ccn1. The normalized spacial score (nSPS) is 19.8. The molecule has 0 amide bonds. The maximum absolute atomic E-state index is 8.68. The molecule has 4 heteroatoms. The molecule has 4 nitrogen and oxygen atoms in total. The van der Waals surface area contributed by atoms with E-state index in [1.807, 2.05) is 12.1 Å².